The molecule has 0 spiro atoms. The fraction of sp³-hybridized carbons (Fsp3) is 0.294. The average molecular weight is 296 g/mol. The molecule has 0 unspecified atom stereocenters. The van der Waals surface area contributed by atoms with Gasteiger partial charge < -0.3 is 9.64 Å². The zero-order valence-corrected chi connectivity index (χ0v) is 12.7. The molecule has 0 saturated carbocycles. The Bertz CT molecular complexity index is 619. The third kappa shape index (κ3) is 3.62. The fourth-order valence-electron chi connectivity index (χ4n) is 2.37. The Morgan fingerprint density at radius 1 is 1.14 bits per heavy atom. The highest BCUT2D eigenvalue weighted by atomic mass is 16.5. The molecule has 0 amide bonds. The van der Waals surface area contributed by atoms with Crippen LogP contribution in [0.5, 0.6) is 0 Å². The summed E-state index contributed by atoms with van der Waals surface area (Å²) in [6.45, 7) is 5.49. The Balaban J connectivity index is 1.66. The van der Waals surface area contributed by atoms with Crippen molar-refractivity contribution >= 4 is 17.2 Å². The number of aromatic nitrogens is 1. The molecule has 1 aliphatic rings. The second-order valence-electron chi connectivity index (χ2n) is 5.17. The van der Waals surface area contributed by atoms with Crippen molar-refractivity contribution in [1.82, 2.24) is 4.98 Å². The molecule has 1 aromatic heterocycles. The largest absolute Gasteiger partial charge is 0.378 e. The predicted molar refractivity (Wildman–Crippen MR) is 89.5 cm³/mol. The van der Waals surface area contributed by atoms with E-state index in [2.05, 4.69) is 44.7 Å². The summed E-state index contributed by atoms with van der Waals surface area (Å²) in [4.78, 5) is 6.52. The second-order valence-corrected chi connectivity index (χ2v) is 5.17. The van der Waals surface area contributed by atoms with E-state index in [-0.39, 0.29) is 0 Å². The van der Waals surface area contributed by atoms with Gasteiger partial charge in [-0.15, -0.1) is 0 Å². The molecule has 1 fully saturated rings. The van der Waals surface area contributed by atoms with Crippen molar-refractivity contribution in [2.45, 2.75) is 6.92 Å². The smallest absolute Gasteiger partial charge is 0.146 e. The number of hydrogen-bond acceptors (Lipinski definition) is 5. The third-order valence-corrected chi connectivity index (χ3v) is 3.66. The van der Waals surface area contributed by atoms with Crippen molar-refractivity contribution in [2.75, 3.05) is 36.6 Å². The zero-order valence-electron chi connectivity index (χ0n) is 12.7. The molecule has 5 nitrogen and oxygen atoms in total. The first-order valence-electron chi connectivity index (χ1n) is 7.47. The number of nitrogens with one attached hydrogen (secondary N) is 1. The van der Waals surface area contributed by atoms with Crippen molar-refractivity contribution in [1.29, 1.82) is 0 Å². The molecule has 0 atom stereocenters. The van der Waals surface area contributed by atoms with Gasteiger partial charge in [0.05, 0.1) is 18.9 Å². The van der Waals surface area contributed by atoms with Gasteiger partial charge in [0.2, 0.25) is 0 Å². The maximum Gasteiger partial charge on any atom is 0.146 e. The minimum Gasteiger partial charge on any atom is -0.378 e. The van der Waals surface area contributed by atoms with Crippen LogP contribution in [0, 0.1) is 0 Å². The van der Waals surface area contributed by atoms with Crippen molar-refractivity contribution in [3.8, 4) is 0 Å². The summed E-state index contributed by atoms with van der Waals surface area (Å²) in [5.41, 5.74) is 6.23. The Morgan fingerprint density at radius 3 is 2.59 bits per heavy atom. The van der Waals surface area contributed by atoms with Gasteiger partial charge in [0.15, 0.2) is 0 Å². The first kappa shape index (κ1) is 14.5. The van der Waals surface area contributed by atoms with Gasteiger partial charge in [-0.3, -0.25) is 5.43 Å². The summed E-state index contributed by atoms with van der Waals surface area (Å²) >= 11 is 0. The number of anilines is 2. The lowest BCUT2D eigenvalue weighted by molar-refractivity contribution is 0.122. The molecular weight excluding hydrogens is 276 g/mol. The number of benzene rings is 1. The van der Waals surface area contributed by atoms with E-state index < -0.39 is 0 Å². The standard InChI is InChI=1S/C17H20N4O/c1-14(19-20-17-4-2-3-9-18-17)15-5-7-16(8-6-15)21-10-12-22-13-11-21/h2-9H,10-13H2,1H3,(H,18,20). The van der Waals surface area contributed by atoms with Crippen LogP contribution < -0.4 is 10.3 Å². The molecule has 1 N–H and O–H groups in total. The molecule has 0 aliphatic carbocycles. The van der Waals surface area contributed by atoms with Gasteiger partial charge in [0.1, 0.15) is 5.82 Å². The van der Waals surface area contributed by atoms with Gasteiger partial charge >= 0.3 is 0 Å². The van der Waals surface area contributed by atoms with Crippen LogP contribution in [-0.4, -0.2) is 37.0 Å². The maximum absolute atomic E-state index is 5.38. The molecule has 5 heteroatoms. The normalized spacial score (nSPS) is 15.7. The number of pyridine rings is 1. The number of morpholine rings is 1. The van der Waals surface area contributed by atoms with E-state index in [9.17, 15) is 0 Å². The minimum absolute atomic E-state index is 0.742. The summed E-state index contributed by atoms with van der Waals surface area (Å²) in [6.07, 6.45) is 1.74. The van der Waals surface area contributed by atoms with Gasteiger partial charge in [0.25, 0.3) is 0 Å². The van der Waals surface area contributed by atoms with E-state index in [0.717, 1.165) is 43.4 Å². The molecule has 0 radical (unpaired) electrons. The first-order valence-corrected chi connectivity index (χ1v) is 7.47. The predicted octanol–water partition coefficient (Wildman–Crippen LogP) is 2.75. The first-order chi connectivity index (χ1) is 10.8. The van der Waals surface area contributed by atoms with Crippen LogP contribution in [0.25, 0.3) is 0 Å². The van der Waals surface area contributed by atoms with Crippen LogP contribution in [0.2, 0.25) is 0 Å². The van der Waals surface area contributed by atoms with Crippen molar-refractivity contribution in [3.05, 3.63) is 54.2 Å². The summed E-state index contributed by atoms with van der Waals surface area (Å²) in [5, 5.41) is 4.38. The molecule has 22 heavy (non-hydrogen) atoms. The fourth-order valence-corrected chi connectivity index (χ4v) is 2.37. The van der Waals surface area contributed by atoms with Gasteiger partial charge in [-0.2, -0.15) is 5.10 Å². The third-order valence-electron chi connectivity index (χ3n) is 3.66. The molecule has 1 aromatic carbocycles. The molecule has 2 aromatic rings. The minimum atomic E-state index is 0.742. The van der Waals surface area contributed by atoms with Gasteiger partial charge in [-0.25, -0.2) is 4.98 Å². The Morgan fingerprint density at radius 2 is 1.91 bits per heavy atom. The summed E-state index contributed by atoms with van der Waals surface area (Å²) in [7, 11) is 0. The van der Waals surface area contributed by atoms with Crippen LogP contribution in [0.1, 0.15) is 12.5 Å². The zero-order chi connectivity index (χ0) is 15.2. The number of hydrogen-bond donors (Lipinski definition) is 1. The van der Waals surface area contributed by atoms with Crippen molar-refractivity contribution in [3.63, 3.8) is 0 Å². The molecule has 1 saturated heterocycles. The van der Waals surface area contributed by atoms with Crippen LogP contribution in [0.15, 0.2) is 53.8 Å². The summed E-state index contributed by atoms with van der Waals surface area (Å²) in [5.74, 6) is 0.742. The topological polar surface area (TPSA) is 49.8 Å². The lowest BCUT2D eigenvalue weighted by atomic mass is 10.1. The molecular formula is C17H20N4O. The second kappa shape index (κ2) is 7.04. The summed E-state index contributed by atoms with van der Waals surface area (Å²) in [6, 6.07) is 14.2. The van der Waals surface area contributed by atoms with E-state index in [1.807, 2.05) is 25.1 Å². The lowest BCUT2D eigenvalue weighted by Gasteiger charge is -2.28. The van der Waals surface area contributed by atoms with E-state index in [0.29, 0.717) is 0 Å². The Hall–Kier alpha value is -2.40. The number of rotatable bonds is 4. The number of nitrogens with zero attached hydrogens (tertiary/aromatic N) is 3. The Kier molecular flexibility index (Phi) is 4.65. The highest BCUT2D eigenvalue weighted by molar-refractivity contribution is 5.99. The SMILES string of the molecule is CC(=NNc1ccccn1)c1ccc(N2CCOCC2)cc1. The molecule has 2 heterocycles. The molecule has 3 rings (SSSR count). The van der Waals surface area contributed by atoms with E-state index in [1.54, 1.807) is 6.20 Å². The van der Waals surface area contributed by atoms with Crippen LogP contribution >= 0.6 is 0 Å². The van der Waals surface area contributed by atoms with Gasteiger partial charge in [-0.1, -0.05) is 18.2 Å². The molecule has 0 bridgehead atoms. The monoisotopic (exact) mass is 296 g/mol. The molecule has 1 aliphatic heterocycles. The van der Waals surface area contributed by atoms with E-state index in [1.165, 1.54) is 5.69 Å². The Labute approximate surface area is 130 Å². The summed E-state index contributed by atoms with van der Waals surface area (Å²) < 4.78 is 5.38. The van der Waals surface area contributed by atoms with Crippen molar-refractivity contribution in [2.24, 2.45) is 5.10 Å². The highest BCUT2D eigenvalue weighted by Crippen LogP contribution is 2.17. The number of ether oxygens (including phenoxy) is 1. The van der Waals surface area contributed by atoms with E-state index in [4.69, 9.17) is 4.74 Å². The van der Waals surface area contributed by atoms with Crippen LogP contribution in [0.3, 0.4) is 0 Å². The van der Waals surface area contributed by atoms with Gasteiger partial charge in [0, 0.05) is 25.0 Å². The van der Waals surface area contributed by atoms with Crippen molar-refractivity contribution < 1.29 is 4.74 Å². The quantitative estimate of drug-likeness (QED) is 0.696. The molecule has 114 valence electrons. The van der Waals surface area contributed by atoms with Crippen LogP contribution in [0.4, 0.5) is 11.5 Å². The lowest BCUT2D eigenvalue weighted by Crippen LogP contribution is -2.36. The number of hydrazone groups is 1. The highest BCUT2D eigenvalue weighted by Gasteiger charge is 2.10. The van der Waals surface area contributed by atoms with Gasteiger partial charge in [-0.05, 0) is 36.8 Å². The average Bonchev–Trinajstić information content (AvgIpc) is 2.61. The van der Waals surface area contributed by atoms with E-state index >= 15 is 0 Å². The maximum atomic E-state index is 5.38. The van der Waals surface area contributed by atoms with Crippen LogP contribution in [-0.2, 0) is 4.74 Å².